The molecule has 1 aliphatic rings. The van der Waals surface area contributed by atoms with Crippen molar-refractivity contribution < 1.29 is 32.5 Å². The van der Waals surface area contributed by atoms with Gasteiger partial charge in [-0.25, -0.2) is 27.9 Å². The number of halogens is 4. The lowest BCUT2D eigenvalue weighted by Gasteiger charge is -2.27. The van der Waals surface area contributed by atoms with Gasteiger partial charge in [0, 0.05) is 29.2 Å². The molecular formula is C30H22ClF3N4O4. The van der Waals surface area contributed by atoms with E-state index in [1.807, 2.05) is 4.57 Å². The number of aromatic carboxylic acids is 1. The predicted molar refractivity (Wildman–Crippen MR) is 147 cm³/mol. The molecule has 0 saturated carbocycles. The second kappa shape index (κ2) is 11.4. The monoisotopic (exact) mass is 594 g/mol. The van der Waals surface area contributed by atoms with Crippen LogP contribution in [0.2, 0.25) is 5.02 Å². The molecule has 1 fully saturated rings. The smallest absolute Gasteiger partial charge is 0.335 e. The Balaban J connectivity index is 1.26. The van der Waals surface area contributed by atoms with Gasteiger partial charge in [0.05, 0.1) is 35.4 Å². The lowest BCUT2D eigenvalue weighted by atomic mass is 10.1. The zero-order valence-corrected chi connectivity index (χ0v) is 22.6. The third-order valence-corrected chi connectivity index (χ3v) is 7.23. The van der Waals surface area contributed by atoms with Crippen molar-refractivity contribution >= 4 is 28.6 Å². The number of benzene rings is 3. The zero-order chi connectivity index (χ0) is 29.4. The van der Waals surface area contributed by atoms with E-state index < -0.39 is 23.4 Å². The molecule has 214 valence electrons. The molecule has 1 atom stereocenters. The molecule has 0 amide bonds. The molecule has 3 heterocycles. The van der Waals surface area contributed by atoms with E-state index in [1.54, 1.807) is 18.2 Å². The standard InChI is InChI=1S/C30H22ClF3N4O4/c31-19-4-2-18(22(32)12-19)15-42-30-35-13-24(34)28(37-30)21-5-1-16(9-23(21)33)10-27-36-25-6-3-17(29(39)40)11-26(25)38(27)14-20-7-8-41-20/h1-6,9,11-13,20H,7-8,10,14-15H2,(H,39,40). The summed E-state index contributed by atoms with van der Waals surface area (Å²) in [6.07, 6.45) is 1.93. The van der Waals surface area contributed by atoms with Crippen LogP contribution in [0.1, 0.15) is 33.7 Å². The fourth-order valence-corrected chi connectivity index (χ4v) is 4.87. The summed E-state index contributed by atoms with van der Waals surface area (Å²) in [6.45, 7) is 0.894. The summed E-state index contributed by atoms with van der Waals surface area (Å²) < 4.78 is 57.0. The van der Waals surface area contributed by atoms with Crippen molar-refractivity contribution in [3.05, 3.63) is 106 Å². The van der Waals surface area contributed by atoms with E-state index in [0.717, 1.165) is 18.7 Å². The average Bonchev–Trinajstić information content (AvgIpc) is 3.27. The Hall–Kier alpha value is -4.48. The summed E-state index contributed by atoms with van der Waals surface area (Å²) in [5.41, 5.74) is 1.73. The maximum absolute atomic E-state index is 15.4. The van der Waals surface area contributed by atoms with Crippen LogP contribution in [-0.4, -0.2) is 43.3 Å². The van der Waals surface area contributed by atoms with Gasteiger partial charge in [0.15, 0.2) is 5.82 Å². The molecule has 5 aromatic rings. The number of carboxylic acid groups (broad SMARTS) is 1. The summed E-state index contributed by atoms with van der Waals surface area (Å²) in [6, 6.07) is 12.8. The van der Waals surface area contributed by atoms with Crippen molar-refractivity contribution in [1.82, 2.24) is 19.5 Å². The van der Waals surface area contributed by atoms with Gasteiger partial charge in [-0.1, -0.05) is 23.7 Å². The van der Waals surface area contributed by atoms with Gasteiger partial charge in [-0.3, -0.25) is 0 Å². The summed E-state index contributed by atoms with van der Waals surface area (Å²) in [5.74, 6) is -2.61. The van der Waals surface area contributed by atoms with Crippen LogP contribution in [0.5, 0.6) is 6.01 Å². The summed E-state index contributed by atoms with van der Waals surface area (Å²) in [5, 5.41) is 9.68. The van der Waals surface area contributed by atoms with Crippen molar-refractivity contribution in [2.24, 2.45) is 0 Å². The van der Waals surface area contributed by atoms with Crippen molar-refractivity contribution in [2.75, 3.05) is 6.61 Å². The van der Waals surface area contributed by atoms with Gasteiger partial charge in [0.1, 0.15) is 29.8 Å². The van der Waals surface area contributed by atoms with Gasteiger partial charge in [-0.15, -0.1) is 0 Å². The molecule has 0 bridgehead atoms. The van der Waals surface area contributed by atoms with Gasteiger partial charge < -0.3 is 19.1 Å². The molecule has 2 aromatic heterocycles. The highest BCUT2D eigenvalue weighted by atomic mass is 35.5. The number of hydrogen-bond acceptors (Lipinski definition) is 6. The third-order valence-electron chi connectivity index (χ3n) is 7.00. The molecular weight excluding hydrogens is 573 g/mol. The van der Waals surface area contributed by atoms with E-state index in [2.05, 4.69) is 15.0 Å². The Morgan fingerprint density at radius 3 is 2.60 bits per heavy atom. The van der Waals surface area contributed by atoms with Crippen LogP contribution in [0.25, 0.3) is 22.3 Å². The van der Waals surface area contributed by atoms with E-state index in [1.165, 1.54) is 30.3 Å². The van der Waals surface area contributed by atoms with Crippen LogP contribution in [0.3, 0.4) is 0 Å². The van der Waals surface area contributed by atoms with Crippen LogP contribution < -0.4 is 4.74 Å². The topological polar surface area (TPSA) is 99.4 Å². The molecule has 0 aliphatic carbocycles. The summed E-state index contributed by atoms with van der Waals surface area (Å²) in [7, 11) is 0. The summed E-state index contributed by atoms with van der Waals surface area (Å²) in [4.78, 5) is 24.0. The van der Waals surface area contributed by atoms with Crippen molar-refractivity contribution in [3.8, 4) is 17.3 Å². The molecule has 1 aliphatic heterocycles. The minimum absolute atomic E-state index is 0.0258. The predicted octanol–water partition coefficient (Wildman–Crippen LogP) is 6.22. The minimum atomic E-state index is -1.05. The Bertz CT molecular complexity index is 1830. The second-order valence-corrected chi connectivity index (χ2v) is 10.2. The van der Waals surface area contributed by atoms with Crippen LogP contribution >= 0.6 is 11.6 Å². The Morgan fingerprint density at radius 1 is 1.05 bits per heavy atom. The normalized spacial score (nSPS) is 14.6. The molecule has 0 radical (unpaired) electrons. The van der Waals surface area contributed by atoms with Crippen molar-refractivity contribution in [3.63, 3.8) is 0 Å². The fourth-order valence-electron chi connectivity index (χ4n) is 4.71. The van der Waals surface area contributed by atoms with Crippen LogP contribution in [0, 0.1) is 17.5 Å². The second-order valence-electron chi connectivity index (χ2n) is 9.79. The first kappa shape index (κ1) is 27.7. The molecule has 0 spiro atoms. The number of nitrogens with zero attached hydrogens (tertiary/aromatic N) is 4. The number of rotatable bonds is 9. The highest BCUT2D eigenvalue weighted by Gasteiger charge is 2.23. The number of fused-ring (bicyclic) bond motifs is 1. The number of carbonyl (C=O) groups is 1. The lowest BCUT2D eigenvalue weighted by Crippen LogP contribution is -2.31. The Labute approximate surface area is 242 Å². The first-order chi connectivity index (χ1) is 20.2. The number of carboxylic acids is 1. The van der Waals surface area contributed by atoms with Gasteiger partial charge in [-0.05, 0) is 54.4 Å². The van der Waals surface area contributed by atoms with E-state index in [4.69, 9.17) is 21.1 Å². The highest BCUT2D eigenvalue weighted by molar-refractivity contribution is 6.30. The fraction of sp³-hybridized carbons (Fsp3) is 0.200. The number of aromatic nitrogens is 4. The maximum Gasteiger partial charge on any atom is 0.335 e. The largest absolute Gasteiger partial charge is 0.478 e. The van der Waals surface area contributed by atoms with Crippen LogP contribution in [0.15, 0.2) is 60.8 Å². The third kappa shape index (κ3) is 5.65. The zero-order valence-electron chi connectivity index (χ0n) is 21.9. The maximum atomic E-state index is 15.4. The molecule has 6 rings (SSSR count). The number of ether oxygens (including phenoxy) is 2. The lowest BCUT2D eigenvalue weighted by molar-refractivity contribution is -0.0589. The number of imidazole rings is 1. The average molecular weight is 595 g/mol. The van der Waals surface area contributed by atoms with Crippen LogP contribution in [0.4, 0.5) is 13.2 Å². The molecule has 1 saturated heterocycles. The van der Waals surface area contributed by atoms with E-state index in [9.17, 15) is 18.7 Å². The van der Waals surface area contributed by atoms with Crippen molar-refractivity contribution in [1.29, 1.82) is 0 Å². The molecule has 1 unspecified atom stereocenters. The molecule has 12 heteroatoms. The Kier molecular flexibility index (Phi) is 7.53. The first-order valence-electron chi connectivity index (χ1n) is 13.0. The molecule has 42 heavy (non-hydrogen) atoms. The van der Waals surface area contributed by atoms with Gasteiger partial charge in [0.2, 0.25) is 0 Å². The van der Waals surface area contributed by atoms with Gasteiger partial charge in [-0.2, -0.15) is 4.98 Å². The molecule has 1 N–H and O–H groups in total. The Morgan fingerprint density at radius 2 is 1.88 bits per heavy atom. The number of hydrogen-bond donors (Lipinski definition) is 1. The quantitative estimate of drug-likeness (QED) is 0.216. The minimum Gasteiger partial charge on any atom is -0.478 e. The highest BCUT2D eigenvalue weighted by Crippen LogP contribution is 2.28. The molecule has 8 nitrogen and oxygen atoms in total. The summed E-state index contributed by atoms with van der Waals surface area (Å²) >= 11 is 5.77. The van der Waals surface area contributed by atoms with Gasteiger partial charge in [0.25, 0.3) is 0 Å². The van der Waals surface area contributed by atoms with Gasteiger partial charge >= 0.3 is 12.0 Å². The first-order valence-corrected chi connectivity index (χ1v) is 13.3. The SMILES string of the molecule is O=C(O)c1ccc2nc(Cc3ccc(-c4nc(OCc5ccc(Cl)cc5F)ncc4F)c(F)c3)n(CC3CCO3)c2c1. The van der Waals surface area contributed by atoms with E-state index in [-0.39, 0.29) is 52.5 Å². The molecule has 3 aromatic carbocycles. The van der Waals surface area contributed by atoms with Crippen LogP contribution in [-0.2, 0) is 24.3 Å². The van der Waals surface area contributed by atoms with Crippen molar-refractivity contribution in [2.45, 2.75) is 32.1 Å². The van der Waals surface area contributed by atoms with E-state index in [0.29, 0.717) is 35.6 Å². The van der Waals surface area contributed by atoms with E-state index >= 15 is 4.39 Å².